The number of nitrogens with zero attached hydrogens (tertiary/aromatic N) is 2. The highest BCUT2D eigenvalue weighted by Gasteiger charge is 2.22. The van der Waals surface area contributed by atoms with Crippen molar-refractivity contribution in [3.05, 3.63) is 0 Å². The van der Waals surface area contributed by atoms with Crippen LogP contribution in [0.15, 0.2) is 4.99 Å². The SMILES string of the molecule is CC(CN=C(NN)NC1CC1)N1CCCCC1. The molecule has 1 heterocycles. The van der Waals surface area contributed by atoms with Gasteiger partial charge in [0.05, 0.1) is 6.54 Å². The average Bonchev–Trinajstić information content (AvgIpc) is 3.19. The van der Waals surface area contributed by atoms with Crippen molar-refractivity contribution in [1.29, 1.82) is 0 Å². The van der Waals surface area contributed by atoms with Gasteiger partial charge in [-0.2, -0.15) is 0 Å². The largest absolute Gasteiger partial charge is 0.353 e. The van der Waals surface area contributed by atoms with E-state index in [9.17, 15) is 0 Å². The van der Waals surface area contributed by atoms with Gasteiger partial charge in [0.1, 0.15) is 0 Å². The maximum atomic E-state index is 5.46. The molecular formula is C12H25N5. The van der Waals surface area contributed by atoms with Gasteiger partial charge in [-0.1, -0.05) is 6.42 Å². The topological polar surface area (TPSA) is 65.7 Å². The Hall–Kier alpha value is -0.810. The molecule has 17 heavy (non-hydrogen) atoms. The normalized spacial score (nSPS) is 24.5. The van der Waals surface area contributed by atoms with Crippen molar-refractivity contribution in [3.8, 4) is 0 Å². The van der Waals surface area contributed by atoms with E-state index in [1.165, 1.54) is 45.2 Å². The predicted octanol–water partition coefficient (Wildman–Crippen LogP) is 0.432. The molecule has 5 heteroatoms. The van der Waals surface area contributed by atoms with Crippen molar-refractivity contribution in [2.75, 3.05) is 19.6 Å². The van der Waals surface area contributed by atoms with E-state index < -0.39 is 0 Å². The van der Waals surface area contributed by atoms with Gasteiger partial charge in [0.2, 0.25) is 5.96 Å². The minimum absolute atomic E-state index is 0.514. The van der Waals surface area contributed by atoms with Gasteiger partial charge in [0.15, 0.2) is 0 Å². The molecule has 1 unspecified atom stereocenters. The van der Waals surface area contributed by atoms with Crippen LogP contribution in [0.3, 0.4) is 0 Å². The van der Waals surface area contributed by atoms with E-state index in [0.717, 1.165) is 12.5 Å². The zero-order valence-electron chi connectivity index (χ0n) is 10.8. The van der Waals surface area contributed by atoms with Crippen molar-refractivity contribution in [2.45, 2.75) is 51.1 Å². The molecule has 0 radical (unpaired) electrons. The third-order valence-corrected chi connectivity index (χ3v) is 3.58. The fourth-order valence-corrected chi connectivity index (χ4v) is 2.25. The van der Waals surface area contributed by atoms with Crippen LogP contribution in [0.2, 0.25) is 0 Å². The molecule has 1 saturated carbocycles. The number of nitrogens with two attached hydrogens (primary N) is 1. The van der Waals surface area contributed by atoms with Gasteiger partial charge < -0.3 is 5.32 Å². The molecule has 0 amide bonds. The Morgan fingerprint density at radius 3 is 2.65 bits per heavy atom. The molecule has 4 N–H and O–H groups in total. The molecular weight excluding hydrogens is 214 g/mol. The molecule has 0 spiro atoms. The van der Waals surface area contributed by atoms with Crippen LogP contribution in [0.1, 0.15) is 39.0 Å². The summed E-state index contributed by atoms with van der Waals surface area (Å²) in [5.74, 6) is 6.20. The molecule has 1 saturated heterocycles. The highest BCUT2D eigenvalue weighted by atomic mass is 15.3. The van der Waals surface area contributed by atoms with Crippen LogP contribution in [0, 0.1) is 0 Å². The Bertz CT molecular complexity index is 256. The Kier molecular flexibility index (Phi) is 4.62. The number of hydrogen-bond donors (Lipinski definition) is 3. The fourth-order valence-electron chi connectivity index (χ4n) is 2.25. The van der Waals surface area contributed by atoms with E-state index in [0.29, 0.717) is 12.1 Å². The monoisotopic (exact) mass is 239 g/mol. The minimum atomic E-state index is 0.514. The number of hydrazine groups is 1. The van der Waals surface area contributed by atoms with E-state index >= 15 is 0 Å². The van der Waals surface area contributed by atoms with Gasteiger partial charge in [0.25, 0.3) is 0 Å². The second-order valence-corrected chi connectivity index (χ2v) is 5.20. The fraction of sp³-hybridized carbons (Fsp3) is 0.917. The first-order valence-corrected chi connectivity index (χ1v) is 6.81. The van der Waals surface area contributed by atoms with Crippen molar-refractivity contribution in [2.24, 2.45) is 10.8 Å². The summed E-state index contributed by atoms with van der Waals surface area (Å²) in [4.78, 5) is 7.05. The van der Waals surface area contributed by atoms with E-state index in [2.05, 4.69) is 27.6 Å². The number of aliphatic imine (C=N–C) groups is 1. The van der Waals surface area contributed by atoms with E-state index in [1.54, 1.807) is 0 Å². The highest BCUT2D eigenvalue weighted by Crippen LogP contribution is 2.18. The van der Waals surface area contributed by atoms with Crippen LogP contribution in [0.25, 0.3) is 0 Å². The van der Waals surface area contributed by atoms with E-state index in [-0.39, 0.29) is 0 Å². The van der Waals surface area contributed by atoms with Crippen molar-refractivity contribution in [1.82, 2.24) is 15.6 Å². The van der Waals surface area contributed by atoms with Crippen LogP contribution < -0.4 is 16.6 Å². The quantitative estimate of drug-likeness (QED) is 0.288. The Labute approximate surface area is 104 Å². The first-order valence-electron chi connectivity index (χ1n) is 6.81. The summed E-state index contributed by atoms with van der Waals surface area (Å²) in [5.41, 5.74) is 2.65. The summed E-state index contributed by atoms with van der Waals surface area (Å²) < 4.78 is 0. The Morgan fingerprint density at radius 2 is 2.06 bits per heavy atom. The van der Waals surface area contributed by atoms with Gasteiger partial charge >= 0.3 is 0 Å². The number of hydrogen-bond acceptors (Lipinski definition) is 3. The minimum Gasteiger partial charge on any atom is -0.353 e. The molecule has 0 aromatic carbocycles. The van der Waals surface area contributed by atoms with Crippen LogP contribution in [0.4, 0.5) is 0 Å². The molecule has 1 aliphatic carbocycles. The number of rotatable bonds is 4. The molecule has 98 valence electrons. The lowest BCUT2D eigenvalue weighted by molar-refractivity contribution is 0.178. The highest BCUT2D eigenvalue weighted by molar-refractivity contribution is 5.79. The van der Waals surface area contributed by atoms with Gasteiger partial charge in [-0.15, -0.1) is 0 Å². The van der Waals surface area contributed by atoms with Crippen LogP contribution >= 0.6 is 0 Å². The smallest absolute Gasteiger partial charge is 0.206 e. The zero-order chi connectivity index (χ0) is 12.1. The molecule has 2 aliphatic rings. The second kappa shape index (κ2) is 6.21. The zero-order valence-corrected chi connectivity index (χ0v) is 10.8. The molecule has 0 bridgehead atoms. The van der Waals surface area contributed by atoms with Crippen LogP contribution in [-0.2, 0) is 0 Å². The number of guanidine groups is 1. The van der Waals surface area contributed by atoms with Gasteiger partial charge in [-0.05, 0) is 45.7 Å². The average molecular weight is 239 g/mol. The third kappa shape index (κ3) is 4.16. The van der Waals surface area contributed by atoms with Crippen LogP contribution in [-0.4, -0.2) is 42.6 Å². The van der Waals surface area contributed by atoms with E-state index in [1.807, 2.05) is 0 Å². The lowest BCUT2D eigenvalue weighted by Gasteiger charge is -2.31. The van der Waals surface area contributed by atoms with Gasteiger partial charge in [-0.25, -0.2) is 5.84 Å². The Morgan fingerprint density at radius 1 is 1.35 bits per heavy atom. The lowest BCUT2D eigenvalue weighted by atomic mass is 10.1. The number of nitrogens with one attached hydrogen (secondary N) is 2. The molecule has 0 aromatic heterocycles. The predicted molar refractivity (Wildman–Crippen MR) is 70.7 cm³/mol. The molecule has 1 aliphatic heterocycles. The summed E-state index contributed by atoms with van der Waals surface area (Å²) in [7, 11) is 0. The molecule has 2 fully saturated rings. The first-order chi connectivity index (χ1) is 8.29. The first kappa shape index (κ1) is 12.6. The van der Waals surface area contributed by atoms with Crippen molar-refractivity contribution in [3.63, 3.8) is 0 Å². The summed E-state index contributed by atoms with van der Waals surface area (Å²) >= 11 is 0. The lowest BCUT2D eigenvalue weighted by Crippen LogP contribution is -2.44. The summed E-state index contributed by atoms with van der Waals surface area (Å²) in [6.45, 7) is 5.51. The third-order valence-electron chi connectivity index (χ3n) is 3.58. The van der Waals surface area contributed by atoms with Crippen LogP contribution in [0.5, 0.6) is 0 Å². The second-order valence-electron chi connectivity index (χ2n) is 5.20. The standard InChI is InChI=1S/C12H25N5/c1-10(17-7-3-2-4-8-17)9-14-12(16-13)15-11-5-6-11/h10-11H,2-9,13H2,1H3,(H2,14,15,16). The summed E-state index contributed by atoms with van der Waals surface area (Å²) in [6, 6.07) is 1.11. The summed E-state index contributed by atoms with van der Waals surface area (Å²) in [6.07, 6.45) is 6.52. The summed E-state index contributed by atoms with van der Waals surface area (Å²) in [5, 5.41) is 3.29. The molecule has 1 atom stereocenters. The molecule has 0 aromatic rings. The van der Waals surface area contributed by atoms with Gasteiger partial charge in [0, 0.05) is 12.1 Å². The van der Waals surface area contributed by atoms with Crippen molar-refractivity contribution < 1.29 is 0 Å². The van der Waals surface area contributed by atoms with Crippen molar-refractivity contribution >= 4 is 5.96 Å². The maximum absolute atomic E-state index is 5.46. The Balaban J connectivity index is 1.75. The molecule has 2 rings (SSSR count). The number of likely N-dealkylation sites (tertiary alicyclic amines) is 1. The van der Waals surface area contributed by atoms with Gasteiger partial charge in [-0.3, -0.25) is 15.3 Å². The molecule has 5 nitrogen and oxygen atoms in total. The van der Waals surface area contributed by atoms with E-state index in [4.69, 9.17) is 5.84 Å². The maximum Gasteiger partial charge on any atom is 0.206 e. The number of piperidine rings is 1.